The third kappa shape index (κ3) is 2.57. The predicted octanol–water partition coefficient (Wildman–Crippen LogP) is 3.84. The molecule has 3 aliphatic rings. The Hall–Kier alpha value is -0.730. The summed E-state index contributed by atoms with van der Waals surface area (Å²) >= 11 is 6.33. The van der Waals surface area contributed by atoms with Crippen LogP contribution in [0.1, 0.15) is 37.3 Å². The number of hydrogen-bond acceptors (Lipinski definition) is 2. The van der Waals surface area contributed by atoms with Gasteiger partial charge in [0.1, 0.15) is 5.75 Å². The van der Waals surface area contributed by atoms with Gasteiger partial charge in [0.25, 0.3) is 0 Å². The highest BCUT2D eigenvalue weighted by Gasteiger charge is 2.53. The lowest BCUT2D eigenvalue weighted by atomic mass is 9.77. The predicted molar refractivity (Wildman–Crippen MR) is 86.2 cm³/mol. The van der Waals surface area contributed by atoms with Crippen LogP contribution in [0.25, 0.3) is 0 Å². The van der Waals surface area contributed by atoms with Gasteiger partial charge in [-0.3, -0.25) is 0 Å². The molecule has 0 bridgehead atoms. The molecule has 2 nitrogen and oxygen atoms in total. The van der Waals surface area contributed by atoms with Crippen molar-refractivity contribution in [2.24, 2.45) is 17.3 Å². The number of rotatable bonds is 5. The van der Waals surface area contributed by atoms with Crippen LogP contribution >= 0.6 is 11.6 Å². The number of ether oxygens (including phenoxy) is 1. The highest BCUT2D eigenvalue weighted by atomic mass is 35.5. The number of nitrogens with one attached hydrogen (secondary N) is 1. The SMILES string of the molecule is CCNCC1(Cc2cc(Cl)cc3c2OCC3)CC2CC2C1. The summed E-state index contributed by atoms with van der Waals surface area (Å²) in [5.74, 6) is 3.13. The molecule has 1 aromatic carbocycles. The molecule has 21 heavy (non-hydrogen) atoms. The van der Waals surface area contributed by atoms with E-state index in [1.165, 1.54) is 30.4 Å². The van der Waals surface area contributed by atoms with Crippen LogP contribution in [-0.4, -0.2) is 19.7 Å². The van der Waals surface area contributed by atoms with Crippen molar-refractivity contribution >= 4 is 11.6 Å². The van der Waals surface area contributed by atoms with E-state index in [-0.39, 0.29) is 0 Å². The Morgan fingerprint density at radius 1 is 1.33 bits per heavy atom. The molecule has 2 fully saturated rings. The van der Waals surface area contributed by atoms with Gasteiger partial charge in [-0.15, -0.1) is 0 Å². The van der Waals surface area contributed by atoms with Crippen molar-refractivity contribution in [2.75, 3.05) is 19.7 Å². The van der Waals surface area contributed by atoms with E-state index in [0.717, 1.165) is 55.1 Å². The molecular formula is C18H24ClNO. The highest BCUT2D eigenvalue weighted by Crippen LogP contribution is 2.61. The van der Waals surface area contributed by atoms with E-state index in [1.54, 1.807) is 0 Å². The maximum Gasteiger partial charge on any atom is 0.125 e. The fourth-order valence-corrected chi connectivity index (χ4v) is 4.89. The molecule has 2 atom stereocenters. The zero-order chi connectivity index (χ0) is 14.4. The molecule has 1 N–H and O–H groups in total. The van der Waals surface area contributed by atoms with Crippen molar-refractivity contribution in [1.82, 2.24) is 5.32 Å². The quantitative estimate of drug-likeness (QED) is 0.892. The molecule has 0 amide bonds. The first-order valence-electron chi connectivity index (χ1n) is 8.34. The van der Waals surface area contributed by atoms with Crippen LogP contribution in [0.15, 0.2) is 12.1 Å². The van der Waals surface area contributed by atoms with E-state index in [4.69, 9.17) is 16.3 Å². The molecule has 0 aromatic heterocycles. The summed E-state index contributed by atoms with van der Waals surface area (Å²) in [4.78, 5) is 0. The molecule has 114 valence electrons. The van der Waals surface area contributed by atoms with E-state index >= 15 is 0 Å². The first kappa shape index (κ1) is 13.9. The lowest BCUT2D eigenvalue weighted by Gasteiger charge is -2.32. The third-order valence-corrected chi connectivity index (χ3v) is 5.82. The van der Waals surface area contributed by atoms with Gasteiger partial charge in [0, 0.05) is 18.0 Å². The van der Waals surface area contributed by atoms with Gasteiger partial charge in [0.2, 0.25) is 0 Å². The van der Waals surface area contributed by atoms with Crippen molar-refractivity contribution in [1.29, 1.82) is 0 Å². The lowest BCUT2D eigenvalue weighted by molar-refractivity contribution is 0.246. The second-order valence-corrected chi connectivity index (χ2v) is 7.71. The van der Waals surface area contributed by atoms with Crippen LogP contribution in [0.4, 0.5) is 0 Å². The van der Waals surface area contributed by atoms with Gasteiger partial charge in [0.05, 0.1) is 6.61 Å². The average molecular weight is 306 g/mol. The van der Waals surface area contributed by atoms with Crippen molar-refractivity contribution in [3.8, 4) is 5.75 Å². The summed E-state index contributed by atoms with van der Waals surface area (Å²) in [6.07, 6.45) is 6.36. The molecule has 1 heterocycles. The van der Waals surface area contributed by atoms with Crippen molar-refractivity contribution < 1.29 is 4.74 Å². The summed E-state index contributed by atoms with van der Waals surface area (Å²) in [6.45, 7) is 5.21. The number of benzene rings is 1. The monoisotopic (exact) mass is 305 g/mol. The fourth-order valence-electron chi connectivity index (χ4n) is 4.63. The molecule has 1 aromatic rings. The minimum absolute atomic E-state index is 0.425. The van der Waals surface area contributed by atoms with E-state index in [9.17, 15) is 0 Å². The number of halogens is 1. The van der Waals surface area contributed by atoms with Crippen molar-refractivity contribution in [2.45, 2.75) is 39.0 Å². The summed E-state index contributed by atoms with van der Waals surface area (Å²) < 4.78 is 5.90. The van der Waals surface area contributed by atoms with Crippen molar-refractivity contribution in [3.63, 3.8) is 0 Å². The smallest absolute Gasteiger partial charge is 0.125 e. The van der Waals surface area contributed by atoms with Gasteiger partial charge in [-0.25, -0.2) is 0 Å². The Kier molecular flexibility index (Phi) is 3.42. The maximum atomic E-state index is 6.33. The summed E-state index contributed by atoms with van der Waals surface area (Å²) in [5, 5.41) is 4.47. The molecule has 4 rings (SSSR count). The number of hydrogen-bond donors (Lipinski definition) is 1. The average Bonchev–Trinajstić information content (AvgIpc) is 2.89. The number of fused-ring (bicyclic) bond motifs is 2. The molecule has 0 saturated heterocycles. The van der Waals surface area contributed by atoms with E-state index in [2.05, 4.69) is 24.4 Å². The van der Waals surface area contributed by atoms with Gasteiger partial charge in [-0.1, -0.05) is 18.5 Å². The lowest BCUT2D eigenvalue weighted by Crippen LogP contribution is -2.35. The third-order valence-electron chi connectivity index (χ3n) is 5.60. The summed E-state index contributed by atoms with van der Waals surface area (Å²) in [5.41, 5.74) is 3.07. The largest absolute Gasteiger partial charge is 0.493 e. The van der Waals surface area contributed by atoms with Crippen molar-refractivity contribution in [3.05, 3.63) is 28.3 Å². The van der Waals surface area contributed by atoms with Gasteiger partial charge in [0.15, 0.2) is 0 Å². The van der Waals surface area contributed by atoms with Crippen LogP contribution in [-0.2, 0) is 12.8 Å². The molecule has 0 radical (unpaired) electrons. The molecule has 0 spiro atoms. The second kappa shape index (κ2) is 5.17. The first-order valence-corrected chi connectivity index (χ1v) is 8.72. The van der Waals surface area contributed by atoms with Crippen LogP contribution in [0.3, 0.4) is 0 Å². The van der Waals surface area contributed by atoms with Gasteiger partial charge < -0.3 is 10.1 Å². The van der Waals surface area contributed by atoms with Crippen LogP contribution in [0.5, 0.6) is 5.75 Å². The van der Waals surface area contributed by atoms with Gasteiger partial charge in [-0.05, 0) is 72.7 Å². The van der Waals surface area contributed by atoms with E-state index in [1.807, 2.05) is 0 Å². The second-order valence-electron chi connectivity index (χ2n) is 7.27. The van der Waals surface area contributed by atoms with Crippen LogP contribution in [0.2, 0.25) is 5.02 Å². The molecule has 2 aliphatic carbocycles. The minimum atomic E-state index is 0.425. The standard InChI is InChI=1S/C18H24ClNO/c1-2-20-11-18(8-13-5-14(13)9-18)10-15-7-16(19)6-12-3-4-21-17(12)15/h6-7,13-14,20H,2-5,8-11H2,1H3. The van der Waals surface area contributed by atoms with E-state index < -0.39 is 0 Å². The topological polar surface area (TPSA) is 21.3 Å². The normalized spacial score (nSPS) is 32.7. The Morgan fingerprint density at radius 3 is 2.90 bits per heavy atom. The van der Waals surface area contributed by atoms with Gasteiger partial charge >= 0.3 is 0 Å². The Morgan fingerprint density at radius 2 is 2.14 bits per heavy atom. The molecular weight excluding hydrogens is 282 g/mol. The Bertz CT molecular complexity index is 546. The molecule has 3 heteroatoms. The Labute approximate surface area is 132 Å². The molecule has 2 saturated carbocycles. The molecule has 2 unspecified atom stereocenters. The van der Waals surface area contributed by atoms with Gasteiger partial charge in [-0.2, -0.15) is 0 Å². The van der Waals surface area contributed by atoms with E-state index in [0.29, 0.717) is 5.41 Å². The Balaban J connectivity index is 1.61. The van der Waals surface area contributed by atoms with Crippen LogP contribution in [0, 0.1) is 17.3 Å². The maximum absolute atomic E-state index is 6.33. The zero-order valence-electron chi connectivity index (χ0n) is 12.8. The summed E-state index contributed by atoms with van der Waals surface area (Å²) in [6, 6.07) is 4.22. The fraction of sp³-hybridized carbons (Fsp3) is 0.667. The molecule has 1 aliphatic heterocycles. The van der Waals surface area contributed by atoms with Crippen LogP contribution < -0.4 is 10.1 Å². The minimum Gasteiger partial charge on any atom is -0.493 e. The zero-order valence-corrected chi connectivity index (χ0v) is 13.5. The summed E-state index contributed by atoms with van der Waals surface area (Å²) in [7, 11) is 0. The first-order chi connectivity index (χ1) is 10.2. The highest BCUT2D eigenvalue weighted by molar-refractivity contribution is 6.30.